The molecular formula is C13H19N3O3S. The molecule has 1 amide bonds. The number of nitrogens with zero attached hydrogens (tertiary/aromatic N) is 1. The van der Waals surface area contributed by atoms with Gasteiger partial charge in [0.25, 0.3) is 5.91 Å². The number of nitrogens with one attached hydrogen (secondary N) is 1. The highest BCUT2D eigenvalue weighted by Crippen LogP contribution is 2.26. The van der Waals surface area contributed by atoms with Gasteiger partial charge in [-0.3, -0.25) is 15.1 Å². The Morgan fingerprint density at radius 2 is 2.05 bits per heavy atom. The number of carbonyl (C=O) groups excluding carboxylic acids is 1. The van der Waals surface area contributed by atoms with Crippen LogP contribution in [0.25, 0.3) is 0 Å². The van der Waals surface area contributed by atoms with E-state index in [4.69, 9.17) is 5.84 Å². The highest BCUT2D eigenvalue weighted by molar-refractivity contribution is 7.91. The maximum atomic E-state index is 12.1. The molecule has 2 atom stereocenters. The lowest BCUT2D eigenvalue weighted by atomic mass is 10.0. The number of rotatable bonds is 3. The van der Waals surface area contributed by atoms with E-state index in [9.17, 15) is 13.2 Å². The van der Waals surface area contributed by atoms with Crippen molar-refractivity contribution >= 4 is 15.7 Å². The molecule has 1 heterocycles. The molecule has 6 nitrogen and oxygen atoms in total. The van der Waals surface area contributed by atoms with Crippen molar-refractivity contribution in [3.63, 3.8) is 0 Å². The van der Waals surface area contributed by atoms with Crippen LogP contribution in [0.5, 0.6) is 0 Å². The van der Waals surface area contributed by atoms with E-state index in [1.807, 2.05) is 42.2 Å². The summed E-state index contributed by atoms with van der Waals surface area (Å²) in [6, 6.07) is 8.45. The minimum absolute atomic E-state index is 0.0637. The Hall–Kier alpha value is -1.44. The van der Waals surface area contributed by atoms with Gasteiger partial charge in [0.05, 0.1) is 11.5 Å². The van der Waals surface area contributed by atoms with Crippen molar-refractivity contribution in [3.8, 4) is 0 Å². The van der Waals surface area contributed by atoms with E-state index in [0.717, 1.165) is 5.56 Å². The van der Waals surface area contributed by atoms with E-state index < -0.39 is 15.9 Å². The number of hydrogen-bond acceptors (Lipinski definition) is 5. The van der Waals surface area contributed by atoms with E-state index in [1.54, 1.807) is 0 Å². The van der Waals surface area contributed by atoms with Crippen molar-refractivity contribution < 1.29 is 13.2 Å². The predicted octanol–water partition coefficient (Wildman–Crippen LogP) is -0.163. The predicted molar refractivity (Wildman–Crippen MR) is 76.3 cm³/mol. The summed E-state index contributed by atoms with van der Waals surface area (Å²) < 4.78 is 23.3. The normalized spacial score (nSPS) is 24.0. The van der Waals surface area contributed by atoms with Crippen LogP contribution < -0.4 is 11.3 Å². The van der Waals surface area contributed by atoms with Crippen molar-refractivity contribution in [2.75, 3.05) is 18.1 Å². The van der Waals surface area contributed by atoms with Crippen molar-refractivity contribution in [1.29, 1.82) is 0 Å². The molecule has 0 radical (unpaired) electrons. The minimum atomic E-state index is -3.02. The zero-order valence-corrected chi connectivity index (χ0v) is 12.1. The van der Waals surface area contributed by atoms with Gasteiger partial charge in [0.1, 0.15) is 6.04 Å². The molecule has 1 aromatic rings. The van der Waals surface area contributed by atoms with E-state index >= 15 is 0 Å². The Labute approximate surface area is 118 Å². The van der Waals surface area contributed by atoms with Crippen LogP contribution >= 0.6 is 0 Å². The van der Waals surface area contributed by atoms with E-state index in [1.165, 1.54) is 0 Å². The number of sulfone groups is 1. The van der Waals surface area contributed by atoms with Crippen molar-refractivity contribution in [1.82, 2.24) is 10.3 Å². The van der Waals surface area contributed by atoms with E-state index in [2.05, 4.69) is 5.43 Å². The summed E-state index contributed by atoms with van der Waals surface area (Å²) >= 11 is 0. The first-order chi connectivity index (χ1) is 9.44. The lowest BCUT2D eigenvalue weighted by molar-refractivity contribution is -0.127. The summed E-state index contributed by atoms with van der Waals surface area (Å²) in [5, 5.41) is 0. The number of amides is 1. The van der Waals surface area contributed by atoms with Gasteiger partial charge in [-0.25, -0.2) is 14.3 Å². The third-order valence-corrected chi connectivity index (χ3v) is 5.35. The highest BCUT2D eigenvalue weighted by atomic mass is 32.2. The molecule has 1 saturated heterocycles. The van der Waals surface area contributed by atoms with Gasteiger partial charge in [-0.15, -0.1) is 0 Å². The Balaban J connectivity index is 2.31. The quantitative estimate of drug-likeness (QED) is 0.459. The fourth-order valence-electron chi connectivity index (χ4n) is 2.60. The van der Waals surface area contributed by atoms with E-state index in [0.29, 0.717) is 6.54 Å². The minimum Gasteiger partial charge on any atom is -0.293 e. The third-order valence-electron chi connectivity index (χ3n) is 3.56. The van der Waals surface area contributed by atoms with Crippen LogP contribution in [0.4, 0.5) is 0 Å². The van der Waals surface area contributed by atoms with Crippen molar-refractivity contribution in [3.05, 3.63) is 35.9 Å². The van der Waals surface area contributed by atoms with Gasteiger partial charge >= 0.3 is 0 Å². The molecule has 1 aromatic carbocycles. The van der Waals surface area contributed by atoms with Gasteiger partial charge in [-0.05, 0) is 12.5 Å². The molecule has 0 spiro atoms. The van der Waals surface area contributed by atoms with Gasteiger partial charge < -0.3 is 0 Å². The zero-order chi connectivity index (χ0) is 14.8. The maximum absolute atomic E-state index is 12.1. The average molecular weight is 297 g/mol. The molecule has 1 fully saturated rings. The molecular weight excluding hydrogens is 278 g/mol. The SMILES string of the molecule is CC1CS(=O)(=O)CCN1C(C(=O)NN)c1ccccc1. The molecule has 0 aliphatic carbocycles. The Kier molecular flexibility index (Phi) is 4.42. The van der Waals surface area contributed by atoms with E-state index in [-0.39, 0.29) is 23.5 Å². The molecule has 0 bridgehead atoms. The Bertz CT molecular complexity index is 574. The van der Waals surface area contributed by atoms with Crippen LogP contribution in [0, 0.1) is 0 Å². The summed E-state index contributed by atoms with van der Waals surface area (Å²) in [5.74, 6) is 5.07. The molecule has 3 N–H and O–H groups in total. The Morgan fingerprint density at radius 1 is 1.40 bits per heavy atom. The second-order valence-electron chi connectivity index (χ2n) is 5.02. The number of benzene rings is 1. The van der Waals surface area contributed by atoms with Crippen LogP contribution in [0.2, 0.25) is 0 Å². The number of hydrogen-bond donors (Lipinski definition) is 2. The molecule has 20 heavy (non-hydrogen) atoms. The summed E-state index contributed by atoms with van der Waals surface area (Å²) in [6.45, 7) is 2.15. The molecule has 1 aliphatic heterocycles. The first-order valence-electron chi connectivity index (χ1n) is 6.46. The molecule has 110 valence electrons. The third kappa shape index (κ3) is 3.17. The zero-order valence-electron chi connectivity index (χ0n) is 11.3. The number of carbonyl (C=O) groups is 1. The fourth-order valence-corrected chi connectivity index (χ4v) is 4.18. The number of hydrazine groups is 1. The lowest BCUT2D eigenvalue weighted by Crippen LogP contribution is -2.53. The largest absolute Gasteiger partial charge is 0.293 e. The topological polar surface area (TPSA) is 92.5 Å². The van der Waals surface area contributed by atoms with Crippen LogP contribution in [-0.4, -0.2) is 43.3 Å². The lowest BCUT2D eigenvalue weighted by Gasteiger charge is -2.38. The first kappa shape index (κ1) is 15.0. The average Bonchev–Trinajstić information content (AvgIpc) is 2.42. The monoisotopic (exact) mass is 297 g/mol. The second kappa shape index (κ2) is 5.90. The van der Waals surface area contributed by atoms with Crippen LogP contribution in [0.15, 0.2) is 30.3 Å². The maximum Gasteiger partial charge on any atom is 0.255 e. The number of nitrogens with two attached hydrogens (primary N) is 1. The first-order valence-corrected chi connectivity index (χ1v) is 8.28. The van der Waals surface area contributed by atoms with Crippen molar-refractivity contribution in [2.24, 2.45) is 5.84 Å². The van der Waals surface area contributed by atoms with Gasteiger partial charge in [0.15, 0.2) is 9.84 Å². The van der Waals surface area contributed by atoms with Gasteiger partial charge in [-0.1, -0.05) is 30.3 Å². The summed E-state index contributed by atoms with van der Waals surface area (Å²) in [5.41, 5.74) is 2.98. The standard InChI is InChI=1S/C13H19N3O3S/c1-10-9-20(18,19)8-7-16(10)12(13(17)15-14)11-5-3-2-4-6-11/h2-6,10,12H,7-9,14H2,1H3,(H,15,17). The van der Waals surface area contributed by atoms with Gasteiger partial charge in [0.2, 0.25) is 0 Å². The molecule has 1 aliphatic rings. The van der Waals surface area contributed by atoms with Crippen LogP contribution in [0.3, 0.4) is 0 Å². The molecule has 2 unspecified atom stereocenters. The molecule has 0 aromatic heterocycles. The Morgan fingerprint density at radius 3 is 2.60 bits per heavy atom. The fraction of sp³-hybridized carbons (Fsp3) is 0.462. The second-order valence-corrected chi connectivity index (χ2v) is 7.25. The summed E-state index contributed by atoms with van der Waals surface area (Å²) in [7, 11) is -3.02. The summed E-state index contributed by atoms with van der Waals surface area (Å²) in [4.78, 5) is 14.0. The highest BCUT2D eigenvalue weighted by Gasteiger charge is 2.36. The van der Waals surface area contributed by atoms with Crippen LogP contribution in [-0.2, 0) is 14.6 Å². The van der Waals surface area contributed by atoms with Crippen LogP contribution in [0.1, 0.15) is 18.5 Å². The van der Waals surface area contributed by atoms with Gasteiger partial charge in [0, 0.05) is 12.6 Å². The smallest absolute Gasteiger partial charge is 0.255 e. The molecule has 0 saturated carbocycles. The van der Waals surface area contributed by atoms with Crippen molar-refractivity contribution in [2.45, 2.75) is 19.0 Å². The molecule has 2 rings (SSSR count). The van der Waals surface area contributed by atoms with Gasteiger partial charge in [-0.2, -0.15) is 0 Å². The molecule has 7 heteroatoms. The summed E-state index contributed by atoms with van der Waals surface area (Å²) in [6.07, 6.45) is 0.